The van der Waals surface area contributed by atoms with Gasteiger partial charge in [-0.15, -0.1) is 0 Å². The van der Waals surface area contributed by atoms with Crippen molar-refractivity contribution in [3.63, 3.8) is 0 Å². The maximum absolute atomic E-state index is 13.4. The molecule has 3 rings (SSSR count). The first-order valence-electron chi connectivity index (χ1n) is 8.01. The molecule has 1 saturated heterocycles. The fraction of sp³-hybridized carbons (Fsp3) is 0.588. The molecular formula is C17H23FN2O2. The number of halogens is 1. The summed E-state index contributed by atoms with van der Waals surface area (Å²) in [5.41, 5.74) is 0.973. The van der Waals surface area contributed by atoms with E-state index >= 15 is 0 Å². The van der Waals surface area contributed by atoms with Crippen LogP contribution in [0.5, 0.6) is 5.75 Å². The van der Waals surface area contributed by atoms with Crippen molar-refractivity contribution in [3.05, 3.63) is 29.6 Å². The maximum atomic E-state index is 13.4. The van der Waals surface area contributed by atoms with Crippen molar-refractivity contribution in [2.24, 2.45) is 0 Å². The number of nitrogens with zero attached hydrogens (tertiary/aromatic N) is 2. The molecule has 1 aliphatic heterocycles. The summed E-state index contributed by atoms with van der Waals surface area (Å²) in [6, 6.07) is 5.35. The molecule has 0 radical (unpaired) electrons. The van der Waals surface area contributed by atoms with E-state index in [2.05, 4.69) is 9.80 Å². The number of amides is 1. The summed E-state index contributed by atoms with van der Waals surface area (Å²) >= 11 is 0. The third-order valence-corrected chi connectivity index (χ3v) is 4.72. The second-order valence-corrected chi connectivity index (χ2v) is 6.20. The molecule has 0 bridgehead atoms. The highest BCUT2D eigenvalue weighted by Crippen LogP contribution is 2.25. The van der Waals surface area contributed by atoms with E-state index in [9.17, 15) is 9.18 Å². The smallest absolute Gasteiger partial charge is 0.237 e. The molecule has 1 amide bonds. The summed E-state index contributed by atoms with van der Waals surface area (Å²) in [5, 5.41) is 0. The molecule has 0 N–H and O–H groups in total. The number of carbonyl (C=O) groups is 1. The van der Waals surface area contributed by atoms with Crippen molar-refractivity contribution in [1.29, 1.82) is 0 Å². The highest BCUT2D eigenvalue weighted by atomic mass is 19.1. The van der Waals surface area contributed by atoms with Gasteiger partial charge in [-0.05, 0) is 30.5 Å². The number of methoxy groups -OCH3 is 1. The van der Waals surface area contributed by atoms with E-state index < -0.39 is 0 Å². The second-order valence-electron chi connectivity index (χ2n) is 6.20. The zero-order valence-electron chi connectivity index (χ0n) is 13.1. The minimum atomic E-state index is -0.353. The highest BCUT2D eigenvalue weighted by molar-refractivity contribution is 5.79. The van der Waals surface area contributed by atoms with Crippen LogP contribution in [0.25, 0.3) is 0 Å². The quantitative estimate of drug-likeness (QED) is 0.856. The maximum Gasteiger partial charge on any atom is 0.237 e. The van der Waals surface area contributed by atoms with Crippen LogP contribution in [0.2, 0.25) is 0 Å². The average molecular weight is 306 g/mol. The monoisotopic (exact) mass is 306 g/mol. The van der Waals surface area contributed by atoms with Crippen molar-refractivity contribution in [1.82, 2.24) is 9.80 Å². The molecule has 2 aliphatic rings. The lowest BCUT2D eigenvalue weighted by atomic mass is 10.1. The van der Waals surface area contributed by atoms with E-state index in [1.54, 1.807) is 12.1 Å². The number of rotatable bonds is 4. The van der Waals surface area contributed by atoms with Gasteiger partial charge >= 0.3 is 0 Å². The summed E-state index contributed by atoms with van der Waals surface area (Å²) in [5.74, 6) is 0.133. The van der Waals surface area contributed by atoms with Crippen molar-refractivity contribution < 1.29 is 13.9 Å². The molecular weight excluding hydrogens is 283 g/mol. The predicted octanol–water partition coefficient (Wildman–Crippen LogP) is 2.42. The summed E-state index contributed by atoms with van der Waals surface area (Å²) in [6.07, 6.45) is 4.79. The van der Waals surface area contributed by atoms with E-state index in [1.807, 2.05) is 0 Å². The van der Waals surface area contributed by atoms with Gasteiger partial charge in [-0.2, -0.15) is 0 Å². The molecule has 0 spiro atoms. The minimum absolute atomic E-state index is 0.229. The molecule has 0 aromatic heterocycles. The van der Waals surface area contributed by atoms with Crippen LogP contribution in [0.1, 0.15) is 31.2 Å². The number of piperazine rings is 1. The first-order valence-corrected chi connectivity index (χ1v) is 8.01. The second kappa shape index (κ2) is 6.65. The number of benzene rings is 1. The highest BCUT2D eigenvalue weighted by Gasteiger charge is 2.31. The Bertz CT molecular complexity index is 543. The van der Waals surface area contributed by atoms with E-state index in [1.165, 1.54) is 26.0 Å². The molecule has 0 atom stereocenters. The molecule has 2 fully saturated rings. The van der Waals surface area contributed by atoms with Gasteiger partial charge in [0.15, 0.2) is 11.6 Å². The van der Waals surface area contributed by atoms with Gasteiger partial charge in [0.05, 0.1) is 13.7 Å². The van der Waals surface area contributed by atoms with Crippen molar-refractivity contribution in [2.45, 2.75) is 38.3 Å². The Labute approximate surface area is 130 Å². The first-order chi connectivity index (χ1) is 10.7. The largest absolute Gasteiger partial charge is 0.494 e. The molecule has 1 saturated carbocycles. The zero-order chi connectivity index (χ0) is 15.5. The Balaban J connectivity index is 1.60. The third-order valence-electron chi connectivity index (χ3n) is 4.72. The Morgan fingerprint density at radius 3 is 2.73 bits per heavy atom. The molecule has 1 aliphatic carbocycles. The van der Waals surface area contributed by atoms with Gasteiger partial charge in [-0.1, -0.05) is 18.9 Å². The van der Waals surface area contributed by atoms with Crippen LogP contribution in [0.15, 0.2) is 18.2 Å². The zero-order valence-corrected chi connectivity index (χ0v) is 13.1. The molecule has 1 aromatic carbocycles. The van der Waals surface area contributed by atoms with E-state index in [0.29, 0.717) is 19.1 Å². The third kappa shape index (κ3) is 3.24. The fourth-order valence-electron chi connectivity index (χ4n) is 3.53. The van der Waals surface area contributed by atoms with Gasteiger partial charge in [-0.3, -0.25) is 9.69 Å². The van der Waals surface area contributed by atoms with Crippen molar-refractivity contribution in [3.8, 4) is 5.75 Å². The Hall–Kier alpha value is -1.62. The number of hydrogen-bond donors (Lipinski definition) is 0. The molecule has 0 unspecified atom stereocenters. The molecule has 1 heterocycles. The lowest BCUT2D eigenvalue weighted by Gasteiger charge is -2.37. The standard InChI is InChI=1S/C17H23FN2O2/c1-22-16-10-13(6-7-15(16)18)11-19-8-9-20(17(21)12-19)14-4-2-3-5-14/h6-7,10,14H,2-5,8-9,11-12H2,1H3. The SMILES string of the molecule is COc1cc(CN2CCN(C3CCCC3)C(=O)C2)ccc1F. The molecule has 5 heteroatoms. The molecule has 4 nitrogen and oxygen atoms in total. The van der Waals surface area contributed by atoms with Crippen LogP contribution in [0.4, 0.5) is 4.39 Å². The lowest BCUT2D eigenvalue weighted by molar-refractivity contribution is -0.138. The van der Waals surface area contributed by atoms with Crippen LogP contribution < -0.4 is 4.74 Å². The number of ether oxygens (including phenoxy) is 1. The normalized spacial score (nSPS) is 20.6. The van der Waals surface area contributed by atoms with Gasteiger partial charge < -0.3 is 9.64 Å². The van der Waals surface area contributed by atoms with Gasteiger partial charge in [0, 0.05) is 25.7 Å². The van der Waals surface area contributed by atoms with Gasteiger partial charge in [0.2, 0.25) is 5.91 Å². The first kappa shape index (κ1) is 15.3. The van der Waals surface area contributed by atoms with E-state index in [0.717, 1.165) is 31.5 Å². The molecule has 1 aromatic rings. The van der Waals surface area contributed by atoms with Gasteiger partial charge in [-0.25, -0.2) is 4.39 Å². The topological polar surface area (TPSA) is 32.8 Å². The van der Waals surface area contributed by atoms with Crippen molar-refractivity contribution in [2.75, 3.05) is 26.7 Å². The minimum Gasteiger partial charge on any atom is -0.494 e. The van der Waals surface area contributed by atoms with E-state index in [-0.39, 0.29) is 17.5 Å². The van der Waals surface area contributed by atoms with Crippen LogP contribution in [-0.2, 0) is 11.3 Å². The van der Waals surface area contributed by atoms with Gasteiger partial charge in [0.25, 0.3) is 0 Å². The Morgan fingerprint density at radius 2 is 2.05 bits per heavy atom. The summed E-state index contributed by atoms with van der Waals surface area (Å²) in [7, 11) is 1.46. The van der Waals surface area contributed by atoms with Crippen LogP contribution in [-0.4, -0.2) is 48.5 Å². The fourth-order valence-corrected chi connectivity index (χ4v) is 3.53. The summed E-state index contributed by atoms with van der Waals surface area (Å²) in [4.78, 5) is 16.5. The van der Waals surface area contributed by atoms with Crippen LogP contribution in [0.3, 0.4) is 0 Å². The number of carbonyl (C=O) groups excluding carboxylic acids is 1. The molecule has 120 valence electrons. The van der Waals surface area contributed by atoms with Gasteiger partial charge in [0.1, 0.15) is 0 Å². The van der Waals surface area contributed by atoms with Crippen LogP contribution in [0, 0.1) is 5.82 Å². The Kier molecular flexibility index (Phi) is 4.62. The summed E-state index contributed by atoms with van der Waals surface area (Å²) < 4.78 is 18.4. The number of hydrogen-bond acceptors (Lipinski definition) is 3. The van der Waals surface area contributed by atoms with Crippen molar-refractivity contribution >= 4 is 5.91 Å². The van der Waals surface area contributed by atoms with Crippen LogP contribution >= 0.6 is 0 Å². The molecule has 22 heavy (non-hydrogen) atoms. The summed E-state index contributed by atoms with van der Waals surface area (Å²) in [6.45, 7) is 2.79. The van der Waals surface area contributed by atoms with E-state index in [4.69, 9.17) is 4.74 Å². The lowest BCUT2D eigenvalue weighted by Crippen LogP contribution is -2.53. The Morgan fingerprint density at radius 1 is 1.27 bits per heavy atom. The predicted molar refractivity (Wildman–Crippen MR) is 82.2 cm³/mol. The average Bonchev–Trinajstić information content (AvgIpc) is 3.03.